The van der Waals surface area contributed by atoms with Crippen LogP contribution in [0.5, 0.6) is 0 Å². The molecule has 0 saturated heterocycles. The van der Waals surface area contributed by atoms with Gasteiger partial charge in [-0.1, -0.05) is 12.1 Å². The highest BCUT2D eigenvalue weighted by Gasteiger charge is 2.08. The van der Waals surface area contributed by atoms with E-state index in [2.05, 4.69) is 49.8 Å². The summed E-state index contributed by atoms with van der Waals surface area (Å²) in [5.74, 6) is 1.40. The number of hydrogen-bond acceptors (Lipinski definition) is 6. The van der Waals surface area contributed by atoms with Crippen molar-refractivity contribution in [1.29, 1.82) is 0 Å². The molecule has 8 heteroatoms. The maximum absolute atomic E-state index is 4.33. The smallest absolute Gasteiger partial charge is 0.175 e. The van der Waals surface area contributed by atoms with Crippen molar-refractivity contribution in [3.63, 3.8) is 0 Å². The minimum Gasteiger partial charge on any atom is -0.362 e. The van der Waals surface area contributed by atoms with Gasteiger partial charge in [-0.15, -0.1) is 10.2 Å². The lowest BCUT2D eigenvalue weighted by atomic mass is 10.1. The summed E-state index contributed by atoms with van der Waals surface area (Å²) in [6.45, 7) is 4.02. The van der Waals surface area contributed by atoms with Crippen LogP contribution in [0.25, 0.3) is 11.5 Å². The molecule has 1 N–H and O–H groups in total. The fourth-order valence-corrected chi connectivity index (χ4v) is 2.63. The molecule has 0 radical (unpaired) electrons. The van der Waals surface area contributed by atoms with Crippen molar-refractivity contribution in [2.75, 3.05) is 5.32 Å². The lowest BCUT2D eigenvalue weighted by molar-refractivity contribution is 0.795. The molecule has 8 nitrogen and oxygen atoms in total. The van der Waals surface area contributed by atoms with Gasteiger partial charge in [0.25, 0.3) is 0 Å². The van der Waals surface area contributed by atoms with E-state index in [0.717, 1.165) is 16.9 Å². The van der Waals surface area contributed by atoms with Gasteiger partial charge >= 0.3 is 0 Å². The first-order chi connectivity index (χ1) is 12.7. The van der Waals surface area contributed by atoms with Crippen LogP contribution in [0.3, 0.4) is 0 Å². The third-order valence-electron chi connectivity index (χ3n) is 4.05. The summed E-state index contributed by atoms with van der Waals surface area (Å²) in [7, 11) is 0. The summed E-state index contributed by atoms with van der Waals surface area (Å²) in [6, 6.07) is 14.0. The van der Waals surface area contributed by atoms with Crippen LogP contribution in [-0.4, -0.2) is 34.7 Å². The normalized spacial score (nSPS) is 12.1. The van der Waals surface area contributed by atoms with Crippen molar-refractivity contribution in [1.82, 2.24) is 34.7 Å². The number of aromatic nitrogens is 7. The Morgan fingerprint density at radius 2 is 1.81 bits per heavy atom. The van der Waals surface area contributed by atoms with Crippen LogP contribution < -0.4 is 5.32 Å². The molecule has 0 fully saturated rings. The fraction of sp³-hybridized carbons (Fsp3) is 0.167. The van der Waals surface area contributed by atoms with E-state index >= 15 is 0 Å². The first kappa shape index (κ1) is 15.9. The molecule has 0 bridgehead atoms. The topological polar surface area (TPSA) is 86.3 Å². The molecule has 0 aliphatic heterocycles. The van der Waals surface area contributed by atoms with Crippen LogP contribution >= 0.6 is 0 Å². The third-order valence-corrected chi connectivity index (χ3v) is 4.05. The Kier molecular flexibility index (Phi) is 4.14. The average Bonchev–Trinajstić information content (AvgIpc) is 3.34. The van der Waals surface area contributed by atoms with E-state index in [1.165, 1.54) is 6.33 Å². The monoisotopic (exact) mass is 346 g/mol. The molecule has 3 heterocycles. The van der Waals surface area contributed by atoms with Gasteiger partial charge < -0.3 is 5.32 Å². The van der Waals surface area contributed by atoms with Crippen LogP contribution in [0.4, 0.5) is 5.82 Å². The minimum absolute atomic E-state index is 0.0897. The predicted molar refractivity (Wildman–Crippen MR) is 97.3 cm³/mol. The molecule has 4 aromatic rings. The van der Waals surface area contributed by atoms with Crippen molar-refractivity contribution in [3.05, 3.63) is 72.6 Å². The zero-order valence-electron chi connectivity index (χ0n) is 14.5. The number of hydrogen-bond donors (Lipinski definition) is 1. The van der Waals surface area contributed by atoms with Gasteiger partial charge in [0, 0.05) is 6.20 Å². The van der Waals surface area contributed by atoms with Crippen LogP contribution in [0, 0.1) is 6.92 Å². The average molecular weight is 346 g/mol. The van der Waals surface area contributed by atoms with Crippen molar-refractivity contribution in [3.8, 4) is 11.5 Å². The number of rotatable bonds is 5. The maximum Gasteiger partial charge on any atom is 0.175 e. The lowest BCUT2D eigenvalue weighted by Crippen LogP contribution is -2.09. The summed E-state index contributed by atoms with van der Waals surface area (Å²) in [6.07, 6.45) is 5.06. The van der Waals surface area contributed by atoms with Crippen LogP contribution in [-0.2, 0) is 0 Å². The zero-order valence-corrected chi connectivity index (χ0v) is 14.5. The molecule has 0 saturated carbocycles. The molecule has 1 aromatic carbocycles. The van der Waals surface area contributed by atoms with Crippen molar-refractivity contribution >= 4 is 5.82 Å². The van der Waals surface area contributed by atoms with Crippen molar-refractivity contribution in [2.24, 2.45) is 0 Å². The van der Waals surface area contributed by atoms with Gasteiger partial charge in [0.1, 0.15) is 18.5 Å². The van der Waals surface area contributed by atoms with E-state index in [1.54, 1.807) is 15.7 Å². The minimum atomic E-state index is 0.0897. The number of nitrogens with one attached hydrogen (secondary N) is 1. The summed E-state index contributed by atoms with van der Waals surface area (Å²) in [5.41, 5.74) is 3.05. The van der Waals surface area contributed by atoms with E-state index in [1.807, 2.05) is 43.5 Å². The largest absolute Gasteiger partial charge is 0.362 e. The fourth-order valence-electron chi connectivity index (χ4n) is 2.63. The number of aryl methyl sites for hydroxylation is 1. The first-order valence-corrected chi connectivity index (χ1v) is 8.27. The summed E-state index contributed by atoms with van der Waals surface area (Å²) < 4.78 is 3.43. The number of benzene rings is 1. The van der Waals surface area contributed by atoms with Gasteiger partial charge in [0.05, 0.1) is 17.4 Å². The van der Waals surface area contributed by atoms with Crippen LogP contribution in [0.15, 0.2) is 61.3 Å². The highest BCUT2D eigenvalue weighted by Crippen LogP contribution is 2.19. The molecule has 130 valence electrons. The summed E-state index contributed by atoms with van der Waals surface area (Å²) in [4.78, 5) is 3.96. The Hall–Kier alpha value is -3.55. The zero-order chi connectivity index (χ0) is 17.9. The SMILES string of the molecule is Cc1ccn(-c2ccc(NC(C)c3ccc(-n4cncn4)cc3)nn2)n1. The second-order valence-electron chi connectivity index (χ2n) is 5.98. The van der Waals surface area contributed by atoms with Gasteiger partial charge in [-0.05, 0) is 49.7 Å². The molecular formula is C18H18N8. The van der Waals surface area contributed by atoms with Crippen LogP contribution in [0.1, 0.15) is 24.2 Å². The number of nitrogens with zero attached hydrogens (tertiary/aromatic N) is 7. The standard InChI is InChI=1S/C18H18N8/c1-13-9-10-25(24-13)18-8-7-17(22-23-18)21-14(2)15-3-5-16(6-4-15)26-12-19-11-20-26/h3-12,14H,1-2H3,(H,21,22). The van der Waals surface area contributed by atoms with Gasteiger partial charge in [0.15, 0.2) is 5.82 Å². The predicted octanol–water partition coefficient (Wildman–Crippen LogP) is 2.72. The molecule has 1 unspecified atom stereocenters. The van der Waals surface area contributed by atoms with E-state index in [4.69, 9.17) is 0 Å². The molecule has 0 aliphatic rings. The first-order valence-electron chi connectivity index (χ1n) is 8.27. The quantitative estimate of drug-likeness (QED) is 0.598. The third kappa shape index (κ3) is 3.30. The maximum atomic E-state index is 4.33. The molecular weight excluding hydrogens is 328 g/mol. The van der Waals surface area contributed by atoms with E-state index in [9.17, 15) is 0 Å². The van der Waals surface area contributed by atoms with E-state index in [0.29, 0.717) is 11.6 Å². The van der Waals surface area contributed by atoms with Gasteiger partial charge in [0.2, 0.25) is 0 Å². The van der Waals surface area contributed by atoms with E-state index < -0.39 is 0 Å². The van der Waals surface area contributed by atoms with Gasteiger partial charge in [-0.3, -0.25) is 0 Å². The molecule has 3 aromatic heterocycles. The molecule has 4 rings (SSSR count). The highest BCUT2D eigenvalue weighted by atomic mass is 15.3. The molecule has 0 aliphatic carbocycles. The number of anilines is 1. The summed E-state index contributed by atoms with van der Waals surface area (Å²) in [5, 5.41) is 20.3. The Balaban J connectivity index is 1.45. The van der Waals surface area contributed by atoms with Gasteiger partial charge in [-0.2, -0.15) is 10.2 Å². The molecule has 26 heavy (non-hydrogen) atoms. The Bertz CT molecular complexity index is 971. The Labute approximate surface area is 150 Å². The second kappa shape index (κ2) is 6.75. The molecule has 0 amide bonds. The molecule has 1 atom stereocenters. The van der Waals surface area contributed by atoms with Crippen LogP contribution in [0.2, 0.25) is 0 Å². The van der Waals surface area contributed by atoms with Crippen molar-refractivity contribution < 1.29 is 0 Å². The van der Waals surface area contributed by atoms with E-state index in [-0.39, 0.29) is 6.04 Å². The Morgan fingerprint density at radius 3 is 2.42 bits per heavy atom. The van der Waals surface area contributed by atoms with Gasteiger partial charge in [-0.25, -0.2) is 14.3 Å². The lowest BCUT2D eigenvalue weighted by Gasteiger charge is -2.15. The molecule has 0 spiro atoms. The summed E-state index contributed by atoms with van der Waals surface area (Å²) >= 11 is 0. The second-order valence-corrected chi connectivity index (χ2v) is 5.98. The Morgan fingerprint density at radius 1 is 0.962 bits per heavy atom. The highest BCUT2D eigenvalue weighted by molar-refractivity contribution is 5.41. The van der Waals surface area contributed by atoms with Crippen molar-refractivity contribution in [2.45, 2.75) is 19.9 Å².